The highest BCUT2D eigenvalue weighted by Gasteiger charge is 2.30. The second-order valence-electron chi connectivity index (χ2n) is 8.22. The zero-order chi connectivity index (χ0) is 19.7. The lowest BCUT2D eigenvalue weighted by atomic mass is 10.1. The maximum absolute atomic E-state index is 9.41. The Bertz CT molecular complexity index is 879. The van der Waals surface area contributed by atoms with Gasteiger partial charge in [0.15, 0.2) is 0 Å². The molecule has 1 aromatic heterocycles. The summed E-state index contributed by atoms with van der Waals surface area (Å²) in [6.07, 6.45) is 2.10. The van der Waals surface area contributed by atoms with Crippen molar-refractivity contribution in [3.63, 3.8) is 0 Å². The summed E-state index contributed by atoms with van der Waals surface area (Å²) in [7, 11) is 2.19. The normalized spacial score (nSPS) is 27.1. The average Bonchev–Trinajstić information content (AvgIpc) is 2.69. The molecule has 4 rings (SSSR count). The molecule has 0 unspecified atom stereocenters. The van der Waals surface area contributed by atoms with E-state index >= 15 is 0 Å². The van der Waals surface area contributed by atoms with Crippen LogP contribution in [0.25, 0.3) is 10.9 Å². The molecule has 0 bridgehead atoms. The van der Waals surface area contributed by atoms with Gasteiger partial charge in [-0.3, -0.25) is 9.88 Å². The fraction of sp³-hybridized carbons (Fsp3) is 0.545. The molecule has 2 aliphatic rings. The van der Waals surface area contributed by atoms with Crippen LogP contribution in [0.5, 0.6) is 0 Å². The van der Waals surface area contributed by atoms with Crippen molar-refractivity contribution in [3.8, 4) is 6.07 Å². The number of pyridine rings is 1. The second-order valence-corrected chi connectivity index (χ2v) is 8.22. The van der Waals surface area contributed by atoms with E-state index in [-0.39, 0.29) is 12.2 Å². The highest BCUT2D eigenvalue weighted by atomic mass is 16.5. The van der Waals surface area contributed by atoms with Gasteiger partial charge < -0.3 is 14.5 Å². The highest BCUT2D eigenvalue weighted by molar-refractivity contribution is 5.95. The number of anilines is 1. The Morgan fingerprint density at radius 1 is 1.18 bits per heavy atom. The van der Waals surface area contributed by atoms with Crippen LogP contribution in [0.4, 0.5) is 5.69 Å². The van der Waals surface area contributed by atoms with Crippen molar-refractivity contribution < 1.29 is 4.74 Å². The minimum absolute atomic E-state index is 0.170. The molecule has 1 aromatic carbocycles. The number of morpholine rings is 1. The molecule has 2 saturated heterocycles. The van der Waals surface area contributed by atoms with Gasteiger partial charge in [-0.2, -0.15) is 5.26 Å². The molecule has 6 nitrogen and oxygen atoms in total. The van der Waals surface area contributed by atoms with Crippen LogP contribution in [0.15, 0.2) is 30.5 Å². The van der Waals surface area contributed by atoms with E-state index in [0.717, 1.165) is 55.9 Å². The number of piperazine rings is 1. The van der Waals surface area contributed by atoms with Crippen LogP contribution in [0.3, 0.4) is 0 Å². The third-order valence-electron chi connectivity index (χ3n) is 5.94. The number of ether oxygens (including phenoxy) is 1. The van der Waals surface area contributed by atoms with Gasteiger partial charge in [0.25, 0.3) is 0 Å². The van der Waals surface area contributed by atoms with E-state index in [1.807, 2.05) is 12.1 Å². The molecule has 0 radical (unpaired) electrons. The van der Waals surface area contributed by atoms with Gasteiger partial charge in [-0.1, -0.05) is 0 Å². The van der Waals surface area contributed by atoms with Crippen molar-refractivity contribution in [2.24, 2.45) is 0 Å². The Balaban J connectivity index is 1.56. The van der Waals surface area contributed by atoms with Crippen molar-refractivity contribution in [3.05, 3.63) is 36.0 Å². The number of nitriles is 1. The van der Waals surface area contributed by atoms with Gasteiger partial charge in [0.2, 0.25) is 0 Å². The summed E-state index contributed by atoms with van der Waals surface area (Å²) in [5.41, 5.74) is 2.56. The quantitative estimate of drug-likeness (QED) is 0.816. The Kier molecular flexibility index (Phi) is 5.49. The zero-order valence-electron chi connectivity index (χ0n) is 17.0. The number of fused-ring (bicyclic) bond motifs is 1. The molecule has 6 heteroatoms. The van der Waals surface area contributed by atoms with Crippen LogP contribution in [-0.4, -0.2) is 79.3 Å². The molecule has 0 amide bonds. The number of aromatic nitrogens is 1. The van der Waals surface area contributed by atoms with Gasteiger partial charge in [0.1, 0.15) is 6.07 Å². The monoisotopic (exact) mass is 379 g/mol. The smallest absolute Gasteiger partial charge is 0.101 e. The third-order valence-corrected chi connectivity index (χ3v) is 5.94. The van der Waals surface area contributed by atoms with Crippen LogP contribution in [0.1, 0.15) is 19.4 Å². The Labute approximate surface area is 167 Å². The first-order valence-electron chi connectivity index (χ1n) is 10.2. The first-order chi connectivity index (χ1) is 13.5. The summed E-state index contributed by atoms with van der Waals surface area (Å²) >= 11 is 0. The number of benzene rings is 1. The van der Waals surface area contributed by atoms with Crippen molar-refractivity contribution in [1.29, 1.82) is 5.26 Å². The molecular weight excluding hydrogens is 350 g/mol. The summed E-state index contributed by atoms with van der Waals surface area (Å²) in [5.74, 6) is 0. The standard InChI is InChI=1S/C22H29N5O/c1-16-12-25(3)9-10-26(16)14-19-15-27(13-17(2)28-19)21-7-6-18(11-23)22-20(21)5-4-8-24-22/h4-8,16-17,19H,9-10,12-15H2,1-3H3/t16-,17+,19+/m0/s1. The van der Waals surface area contributed by atoms with E-state index in [1.54, 1.807) is 6.20 Å². The molecule has 0 saturated carbocycles. The van der Waals surface area contributed by atoms with E-state index in [2.05, 4.69) is 58.8 Å². The van der Waals surface area contributed by atoms with Crippen LogP contribution < -0.4 is 4.90 Å². The third kappa shape index (κ3) is 3.83. The van der Waals surface area contributed by atoms with E-state index in [9.17, 15) is 5.26 Å². The predicted octanol–water partition coefficient (Wildman–Crippen LogP) is 2.34. The van der Waals surface area contributed by atoms with Crippen LogP contribution in [-0.2, 0) is 4.74 Å². The summed E-state index contributed by atoms with van der Waals surface area (Å²) in [5, 5.41) is 10.5. The first kappa shape index (κ1) is 19.1. The number of nitrogens with zero attached hydrogens (tertiary/aromatic N) is 5. The van der Waals surface area contributed by atoms with Gasteiger partial charge in [-0.25, -0.2) is 0 Å². The van der Waals surface area contributed by atoms with Crippen molar-refractivity contribution in [1.82, 2.24) is 14.8 Å². The molecule has 2 aromatic rings. The molecule has 28 heavy (non-hydrogen) atoms. The maximum Gasteiger partial charge on any atom is 0.101 e. The lowest BCUT2D eigenvalue weighted by Crippen LogP contribution is -2.56. The summed E-state index contributed by atoms with van der Waals surface area (Å²) in [4.78, 5) is 11.8. The van der Waals surface area contributed by atoms with E-state index in [4.69, 9.17) is 4.74 Å². The second kappa shape index (κ2) is 8.04. The lowest BCUT2D eigenvalue weighted by molar-refractivity contribution is -0.0449. The average molecular weight is 380 g/mol. The lowest BCUT2D eigenvalue weighted by Gasteiger charge is -2.44. The molecule has 3 heterocycles. The van der Waals surface area contributed by atoms with Crippen molar-refractivity contribution >= 4 is 16.6 Å². The molecular formula is C22H29N5O. The van der Waals surface area contributed by atoms with E-state index < -0.39 is 0 Å². The van der Waals surface area contributed by atoms with Crippen LogP contribution in [0.2, 0.25) is 0 Å². The van der Waals surface area contributed by atoms with Crippen LogP contribution >= 0.6 is 0 Å². The molecule has 0 N–H and O–H groups in total. The molecule has 2 aliphatic heterocycles. The first-order valence-corrected chi connectivity index (χ1v) is 10.2. The molecule has 2 fully saturated rings. The molecule has 0 aliphatic carbocycles. The van der Waals surface area contributed by atoms with Gasteiger partial charge in [-0.05, 0) is 45.2 Å². The summed E-state index contributed by atoms with van der Waals surface area (Å²) in [6.45, 7) is 10.4. The Hall–Kier alpha value is -2.20. The van der Waals surface area contributed by atoms with Gasteiger partial charge in [0.05, 0.1) is 23.3 Å². The van der Waals surface area contributed by atoms with Crippen molar-refractivity contribution in [2.75, 3.05) is 51.2 Å². The number of hydrogen-bond donors (Lipinski definition) is 0. The number of hydrogen-bond acceptors (Lipinski definition) is 6. The number of likely N-dealkylation sites (N-methyl/N-ethyl adjacent to an activating group) is 1. The minimum atomic E-state index is 0.170. The molecule has 148 valence electrons. The van der Waals surface area contributed by atoms with E-state index in [0.29, 0.717) is 11.6 Å². The maximum atomic E-state index is 9.41. The number of rotatable bonds is 3. The fourth-order valence-corrected chi connectivity index (χ4v) is 4.58. The zero-order valence-corrected chi connectivity index (χ0v) is 17.0. The summed E-state index contributed by atoms with van der Waals surface area (Å²) in [6, 6.07) is 10.8. The van der Waals surface area contributed by atoms with Gasteiger partial charge in [0, 0.05) is 62.6 Å². The molecule has 3 atom stereocenters. The molecule has 0 spiro atoms. The SMILES string of the molecule is C[C@@H]1CN(c2ccc(C#N)c3ncccc23)C[C@@H](CN2CCN(C)C[C@@H]2C)O1. The predicted molar refractivity (Wildman–Crippen MR) is 112 cm³/mol. The fourth-order valence-electron chi connectivity index (χ4n) is 4.58. The largest absolute Gasteiger partial charge is 0.370 e. The minimum Gasteiger partial charge on any atom is -0.370 e. The summed E-state index contributed by atoms with van der Waals surface area (Å²) < 4.78 is 6.31. The van der Waals surface area contributed by atoms with E-state index in [1.165, 1.54) is 0 Å². The highest BCUT2D eigenvalue weighted by Crippen LogP contribution is 2.30. The van der Waals surface area contributed by atoms with Crippen molar-refractivity contribution in [2.45, 2.75) is 32.1 Å². The topological polar surface area (TPSA) is 55.6 Å². The van der Waals surface area contributed by atoms with Gasteiger partial charge in [-0.15, -0.1) is 0 Å². The van der Waals surface area contributed by atoms with Crippen LogP contribution in [0, 0.1) is 11.3 Å². The Morgan fingerprint density at radius 3 is 2.82 bits per heavy atom. The Morgan fingerprint density at radius 2 is 2.04 bits per heavy atom. The van der Waals surface area contributed by atoms with Gasteiger partial charge >= 0.3 is 0 Å².